The summed E-state index contributed by atoms with van der Waals surface area (Å²) in [4.78, 5) is 26.1. The molecule has 1 aromatic heterocycles. The molecule has 30 heavy (non-hydrogen) atoms. The van der Waals surface area contributed by atoms with Crippen molar-refractivity contribution in [1.29, 1.82) is 0 Å². The van der Waals surface area contributed by atoms with Crippen LogP contribution in [-0.2, 0) is 6.54 Å². The molecule has 0 fully saturated rings. The second-order valence-electron chi connectivity index (χ2n) is 6.83. The maximum atomic E-state index is 12.4. The molecule has 1 heterocycles. The number of hydrogen-bond donors (Lipinski definition) is 2. The van der Waals surface area contributed by atoms with E-state index in [4.69, 9.17) is 4.74 Å². The highest BCUT2D eigenvalue weighted by molar-refractivity contribution is 6.01. The predicted octanol–water partition coefficient (Wildman–Crippen LogP) is 3.68. The van der Waals surface area contributed by atoms with Crippen molar-refractivity contribution in [3.05, 3.63) is 72.1 Å². The minimum Gasteiger partial charge on any atom is -0.492 e. The Labute approximate surface area is 175 Å². The largest absolute Gasteiger partial charge is 0.492 e. The van der Waals surface area contributed by atoms with Crippen LogP contribution in [0.2, 0.25) is 0 Å². The summed E-state index contributed by atoms with van der Waals surface area (Å²) in [7, 11) is 3.36. The van der Waals surface area contributed by atoms with Crippen molar-refractivity contribution in [3.63, 3.8) is 0 Å². The average Bonchev–Trinajstić information content (AvgIpc) is 3.16. The van der Waals surface area contributed by atoms with Gasteiger partial charge < -0.3 is 20.3 Å². The summed E-state index contributed by atoms with van der Waals surface area (Å²) >= 11 is 0. The Morgan fingerprint density at radius 1 is 1.10 bits per heavy atom. The van der Waals surface area contributed by atoms with E-state index in [1.165, 1.54) is 4.90 Å². The van der Waals surface area contributed by atoms with Crippen molar-refractivity contribution in [2.24, 2.45) is 0 Å². The maximum Gasteiger partial charge on any atom is 0.323 e. The Bertz CT molecular complexity index is 1010. The number of carbonyl (C=O) groups excluding carboxylic acids is 2. The molecule has 0 saturated carbocycles. The molecule has 2 N–H and O–H groups in total. The van der Waals surface area contributed by atoms with E-state index in [-0.39, 0.29) is 5.91 Å². The van der Waals surface area contributed by atoms with Gasteiger partial charge in [0.05, 0.1) is 30.7 Å². The Hall–Kier alpha value is -3.81. The first-order valence-corrected chi connectivity index (χ1v) is 9.59. The van der Waals surface area contributed by atoms with Crippen LogP contribution >= 0.6 is 0 Å². The standard InChI is InChI=1S/C22H25N5O3/c1-4-30-20-12-17(21(28)26(2)3)10-11-19(20)25-22(29)24-18-13-23-27(15-18)14-16-8-6-5-7-9-16/h5-13,15H,4,14H2,1-3H3,(H2,24,25,29). The lowest BCUT2D eigenvalue weighted by Crippen LogP contribution is -2.22. The lowest BCUT2D eigenvalue weighted by atomic mass is 10.1. The van der Waals surface area contributed by atoms with E-state index in [1.54, 1.807) is 49.4 Å². The van der Waals surface area contributed by atoms with Crippen LogP contribution in [0.1, 0.15) is 22.8 Å². The lowest BCUT2D eigenvalue weighted by molar-refractivity contribution is 0.0827. The predicted molar refractivity (Wildman–Crippen MR) is 116 cm³/mol. The first-order chi connectivity index (χ1) is 14.5. The average molecular weight is 407 g/mol. The third kappa shape index (κ3) is 5.38. The normalized spacial score (nSPS) is 10.4. The van der Waals surface area contributed by atoms with E-state index in [2.05, 4.69) is 15.7 Å². The topological polar surface area (TPSA) is 88.5 Å². The Morgan fingerprint density at radius 3 is 2.57 bits per heavy atom. The van der Waals surface area contributed by atoms with Crippen LogP contribution in [0, 0.1) is 0 Å². The number of urea groups is 1. The van der Waals surface area contributed by atoms with Crippen LogP contribution in [0.5, 0.6) is 5.75 Å². The number of carbonyl (C=O) groups is 2. The SMILES string of the molecule is CCOc1cc(C(=O)N(C)C)ccc1NC(=O)Nc1cnn(Cc2ccccc2)c1. The van der Waals surface area contributed by atoms with Gasteiger partial charge in [-0.15, -0.1) is 0 Å². The number of amides is 3. The molecule has 8 nitrogen and oxygen atoms in total. The molecular formula is C22H25N5O3. The maximum absolute atomic E-state index is 12.4. The van der Waals surface area contributed by atoms with Crippen LogP contribution in [0.4, 0.5) is 16.2 Å². The molecule has 3 aromatic rings. The molecule has 3 amide bonds. The molecule has 0 unspecified atom stereocenters. The molecule has 0 radical (unpaired) electrons. The zero-order chi connectivity index (χ0) is 21.5. The van der Waals surface area contributed by atoms with Gasteiger partial charge in [-0.2, -0.15) is 5.10 Å². The van der Waals surface area contributed by atoms with Gasteiger partial charge in [-0.25, -0.2) is 4.79 Å². The summed E-state index contributed by atoms with van der Waals surface area (Å²) in [6, 6.07) is 14.4. The summed E-state index contributed by atoms with van der Waals surface area (Å²) in [6.07, 6.45) is 3.35. The molecule has 156 valence electrons. The number of ether oxygens (including phenoxy) is 1. The van der Waals surface area contributed by atoms with Gasteiger partial charge in [0.2, 0.25) is 0 Å². The van der Waals surface area contributed by atoms with E-state index >= 15 is 0 Å². The highest BCUT2D eigenvalue weighted by Crippen LogP contribution is 2.27. The molecule has 8 heteroatoms. The van der Waals surface area contributed by atoms with Gasteiger partial charge in [0, 0.05) is 25.9 Å². The Balaban J connectivity index is 1.66. The monoisotopic (exact) mass is 407 g/mol. The van der Waals surface area contributed by atoms with Gasteiger partial charge in [-0.1, -0.05) is 30.3 Å². The zero-order valence-electron chi connectivity index (χ0n) is 17.3. The number of rotatable bonds is 7. The molecule has 3 rings (SSSR count). The van der Waals surface area contributed by atoms with Crippen molar-refractivity contribution < 1.29 is 14.3 Å². The highest BCUT2D eigenvalue weighted by Gasteiger charge is 2.14. The van der Waals surface area contributed by atoms with Gasteiger partial charge in [0.1, 0.15) is 5.75 Å². The first-order valence-electron chi connectivity index (χ1n) is 9.59. The van der Waals surface area contributed by atoms with E-state index in [0.29, 0.717) is 35.8 Å². The van der Waals surface area contributed by atoms with Crippen LogP contribution in [0.3, 0.4) is 0 Å². The lowest BCUT2D eigenvalue weighted by Gasteiger charge is -2.15. The van der Waals surface area contributed by atoms with Gasteiger partial charge >= 0.3 is 6.03 Å². The molecule has 2 aromatic carbocycles. The molecule has 0 bridgehead atoms. The van der Waals surface area contributed by atoms with Crippen molar-refractivity contribution in [3.8, 4) is 5.75 Å². The van der Waals surface area contributed by atoms with Gasteiger partial charge in [0.15, 0.2) is 0 Å². The zero-order valence-corrected chi connectivity index (χ0v) is 17.3. The fourth-order valence-electron chi connectivity index (χ4n) is 2.86. The number of benzene rings is 2. The van der Waals surface area contributed by atoms with E-state index in [0.717, 1.165) is 5.56 Å². The fraction of sp³-hybridized carbons (Fsp3) is 0.227. The molecule has 0 aliphatic carbocycles. The first kappa shape index (κ1) is 20.9. The number of nitrogens with one attached hydrogen (secondary N) is 2. The molecule has 0 atom stereocenters. The summed E-state index contributed by atoms with van der Waals surface area (Å²) < 4.78 is 7.35. The minimum absolute atomic E-state index is 0.141. The fourth-order valence-corrected chi connectivity index (χ4v) is 2.86. The van der Waals surface area contributed by atoms with Crippen molar-refractivity contribution in [1.82, 2.24) is 14.7 Å². The number of anilines is 2. The quantitative estimate of drug-likeness (QED) is 0.625. The molecule has 0 saturated heterocycles. The molecule has 0 aliphatic heterocycles. The minimum atomic E-state index is -0.429. The third-order valence-corrected chi connectivity index (χ3v) is 4.26. The summed E-state index contributed by atoms with van der Waals surface area (Å²) in [5, 5.41) is 9.79. The molecule has 0 spiro atoms. The number of aromatic nitrogens is 2. The Kier molecular flexibility index (Phi) is 6.69. The van der Waals surface area contributed by atoms with E-state index in [9.17, 15) is 9.59 Å². The summed E-state index contributed by atoms with van der Waals surface area (Å²) in [5.74, 6) is 0.290. The second-order valence-corrected chi connectivity index (χ2v) is 6.83. The third-order valence-electron chi connectivity index (χ3n) is 4.26. The Morgan fingerprint density at radius 2 is 1.87 bits per heavy atom. The smallest absolute Gasteiger partial charge is 0.323 e. The van der Waals surface area contributed by atoms with Crippen LogP contribution in [0.15, 0.2) is 60.9 Å². The van der Waals surface area contributed by atoms with E-state index < -0.39 is 6.03 Å². The van der Waals surface area contributed by atoms with Crippen molar-refractivity contribution >= 4 is 23.3 Å². The van der Waals surface area contributed by atoms with Crippen molar-refractivity contribution in [2.45, 2.75) is 13.5 Å². The van der Waals surface area contributed by atoms with Crippen LogP contribution in [-0.4, -0.2) is 47.3 Å². The van der Waals surface area contributed by atoms with Gasteiger partial charge in [0.25, 0.3) is 5.91 Å². The summed E-state index contributed by atoms with van der Waals surface area (Å²) in [5.41, 5.74) is 2.64. The van der Waals surface area contributed by atoms with Crippen LogP contribution in [0.25, 0.3) is 0 Å². The molecule has 0 aliphatic rings. The highest BCUT2D eigenvalue weighted by atomic mass is 16.5. The second kappa shape index (κ2) is 9.60. The summed E-state index contributed by atoms with van der Waals surface area (Å²) in [6.45, 7) is 2.85. The molecular weight excluding hydrogens is 382 g/mol. The van der Waals surface area contributed by atoms with Gasteiger partial charge in [-0.3, -0.25) is 9.48 Å². The van der Waals surface area contributed by atoms with E-state index in [1.807, 2.05) is 37.3 Å². The number of nitrogens with zero attached hydrogens (tertiary/aromatic N) is 3. The van der Waals surface area contributed by atoms with Crippen LogP contribution < -0.4 is 15.4 Å². The van der Waals surface area contributed by atoms with Gasteiger partial charge in [-0.05, 0) is 30.7 Å². The number of hydrogen-bond acceptors (Lipinski definition) is 4. The van der Waals surface area contributed by atoms with Crippen molar-refractivity contribution in [2.75, 3.05) is 31.3 Å².